The lowest BCUT2D eigenvalue weighted by atomic mass is 10.1. The Bertz CT molecular complexity index is 624. The number of fused-ring (bicyclic) bond motifs is 2. The first-order valence-electron chi connectivity index (χ1n) is 7.03. The van der Waals surface area contributed by atoms with Crippen LogP contribution in [0.3, 0.4) is 0 Å². The summed E-state index contributed by atoms with van der Waals surface area (Å²) >= 11 is 0. The average Bonchev–Trinajstić information content (AvgIpc) is 3.07. The van der Waals surface area contributed by atoms with Crippen molar-refractivity contribution < 1.29 is 23.4 Å². The molecule has 12 heteroatoms. The van der Waals surface area contributed by atoms with E-state index in [0.717, 1.165) is 0 Å². The second kappa shape index (κ2) is 5.40. The maximum absolute atomic E-state index is 9.85. The zero-order valence-electron chi connectivity index (χ0n) is 12.3. The van der Waals surface area contributed by atoms with Crippen molar-refractivity contribution >= 4 is 32.7 Å². The number of nitrogen functional groups attached to an aromatic ring is 1. The number of anilines is 3. The summed E-state index contributed by atoms with van der Waals surface area (Å²) in [5.74, 6) is 0.991. The van der Waals surface area contributed by atoms with E-state index in [4.69, 9.17) is 31.8 Å². The van der Waals surface area contributed by atoms with Crippen LogP contribution in [0.4, 0.5) is 17.3 Å². The lowest BCUT2D eigenvalue weighted by molar-refractivity contribution is -0.0451. The Morgan fingerprint density at radius 2 is 2.39 bits per heavy atom. The molecule has 23 heavy (non-hydrogen) atoms. The standard InChI is InChI=1S/C11H16BN5O5P/c1-19-8-7-5(2-20-23(12,18)22-7)21-11(8)17-4-16-6-9(13)14-3-15-10(6)17/h3,5,7-8,11,16,18H,2,4H2,1H3,(H2,13,14,15)/q+1/t5?,7-,8-,11+,23?/m0/s1. The van der Waals surface area contributed by atoms with Crippen molar-refractivity contribution in [2.24, 2.45) is 0 Å². The number of nitrogens with one attached hydrogen (secondary N) is 1. The molecule has 4 N–H and O–H groups in total. The van der Waals surface area contributed by atoms with E-state index in [1.165, 1.54) is 6.33 Å². The van der Waals surface area contributed by atoms with Crippen LogP contribution in [0.1, 0.15) is 0 Å². The van der Waals surface area contributed by atoms with E-state index in [1.807, 2.05) is 4.90 Å². The second-order valence-corrected chi connectivity index (χ2v) is 7.05. The molecular weight excluding hydrogens is 324 g/mol. The maximum Gasteiger partial charge on any atom is 0.488 e. The van der Waals surface area contributed by atoms with Crippen LogP contribution in [0, 0.1) is 0 Å². The number of ether oxygens (including phenoxy) is 2. The Hall–Kier alpha value is -1.23. The maximum atomic E-state index is 9.85. The molecule has 4 heterocycles. The first kappa shape index (κ1) is 15.3. The largest absolute Gasteiger partial charge is 0.488 e. The molecule has 2 radical (unpaired) electrons. The molecule has 0 amide bonds. The van der Waals surface area contributed by atoms with Crippen LogP contribution in [-0.4, -0.2) is 67.4 Å². The van der Waals surface area contributed by atoms with Crippen molar-refractivity contribution in [2.75, 3.05) is 36.3 Å². The lowest BCUT2D eigenvalue weighted by Crippen LogP contribution is -2.46. The van der Waals surface area contributed by atoms with Gasteiger partial charge in [-0.05, 0) is 0 Å². The molecule has 1 aromatic heterocycles. The Morgan fingerprint density at radius 1 is 1.57 bits per heavy atom. The highest BCUT2D eigenvalue weighted by Crippen LogP contribution is 2.58. The molecule has 4 rings (SSSR count). The van der Waals surface area contributed by atoms with Crippen LogP contribution < -0.4 is 16.0 Å². The predicted octanol–water partition coefficient (Wildman–Crippen LogP) is -0.758. The quantitative estimate of drug-likeness (QED) is 0.467. The summed E-state index contributed by atoms with van der Waals surface area (Å²) in [5.41, 5.74) is 6.50. The van der Waals surface area contributed by atoms with Crippen molar-refractivity contribution in [2.45, 2.75) is 24.5 Å². The predicted molar refractivity (Wildman–Crippen MR) is 82.6 cm³/mol. The van der Waals surface area contributed by atoms with Crippen LogP contribution in [0.5, 0.6) is 0 Å². The summed E-state index contributed by atoms with van der Waals surface area (Å²) < 4.78 is 22.2. The minimum Gasteiger partial charge on any atom is -0.382 e. The zero-order chi connectivity index (χ0) is 16.2. The van der Waals surface area contributed by atoms with Crippen LogP contribution in [0.15, 0.2) is 6.33 Å². The van der Waals surface area contributed by atoms with Crippen molar-refractivity contribution in [1.29, 1.82) is 0 Å². The average molecular weight is 340 g/mol. The number of methoxy groups -OCH3 is 1. The normalized spacial score (nSPS) is 39.0. The molecule has 3 aliphatic rings. The van der Waals surface area contributed by atoms with Crippen molar-refractivity contribution in [3.8, 4) is 0 Å². The molecule has 0 aliphatic carbocycles. The van der Waals surface area contributed by atoms with Gasteiger partial charge in [0.2, 0.25) is 0 Å². The lowest BCUT2D eigenvalue weighted by Gasteiger charge is -2.30. The number of hydrogen-bond acceptors (Lipinski definition) is 10. The monoisotopic (exact) mass is 340 g/mol. The number of hydrogen-bond donors (Lipinski definition) is 3. The third kappa shape index (κ3) is 2.44. The fraction of sp³-hybridized carbons (Fsp3) is 0.636. The number of aromatic nitrogens is 2. The topological polar surface area (TPSA) is 124 Å². The summed E-state index contributed by atoms with van der Waals surface area (Å²) in [7, 11) is 3.82. The number of rotatable bonds is 2. The van der Waals surface area contributed by atoms with E-state index < -0.39 is 32.4 Å². The Morgan fingerprint density at radius 3 is 3.17 bits per heavy atom. The molecule has 5 atom stereocenters. The SMILES string of the molecule is [B][P+]1(O)OCC2O[C@@H](N3CNc4c(N)ncnc43)[C@@H](OC)[C@H]2O1. The summed E-state index contributed by atoms with van der Waals surface area (Å²) in [4.78, 5) is 19.9. The highest BCUT2D eigenvalue weighted by Gasteiger charge is 2.58. The van der Waals surface area contributed by atoms with Gasteiger partial charge in [-0.3, -0.25) is 0 Å². The first-order valence-corrected chi connectivity index (χ1v) is 8.67. The van der Waals surface area contributed by atoms with Gasteiger partial charge in [0, 0.05) is 7.11 Å². The fourth-order valence-corrected chi connectivity index (χ4v) is 4.11. The van der Waals surface area contributed by atoms with E-state index in [-0.39, 0.29) is 6.61 Å². The Balaban J connectivity index is 1.63. The van der Waals surface area contributed by atoms with E-state index in [2.05, 4.69) is 15.3 Å². The summed E-state index contributed by atoms with van der Waals surface area (Å²) in [5, 5.41) is 3.14. The van der Waals surface area contributed by atoms with Gasteiger partial charge in [-0.2, -0.15) is 9.05 Å². The van der Waals surface area contributed by atoms with Gasteiger partial charge in [0.1, 0.15) is 30.8 Å². The molecule has 1 aromatic rings. The van der Waals surface area contributed by atoms with Crippen LogP contribution in [-0.2, 0) is 18.5 Å². The van der Waals surface area contributed by atoms with Crippen molar-refractivity contribution in [3.05, 3.63) is 6.33 Å². The van der Waals surface area contributed by atoms with Gasteiger partial charge in [-0.1, -0.05) is 0 Å². The Kier molecular flexibility index (Phi) is 3.60. The minimum atomic E-state index is -3.33. The van der Waals surface area contributed by atoms with Gasteiger partial charge >= 0.3 is 15.4 Å². The molecule has 3 aliphatic heterocycles. The zero-order valence-corrected chi connectivity index (χ0v) is 13.2. The van der Waals surface area contributed by atoms with Gasteiger partial charge in [-0.25, -0.2) is 14.9 Å². The second-order valence-electron chi connectivity index (χ2n) is 5.46. The number of nitrogens with two attached hydrogens (primary N) is 1. The molecule has 2 fully saturated rings. The van der Waals surface area contributed by atoms with Crippen molar-refractivity contribution in [1.82, 2.24) is 9.97 Å². The van der Waals surface area contributed by atoms with Gasteiger partial charge < -0.3 is 25.4 Å². The third-order valence-corrected chi connectivity index (χ3v) is 5.18. The molecule has 2 saturated heterocycles. The summed E-state index contributed by atoms with van der Waals surface area (Å²) in [6.45, 7) is 0.576. The van der Waals surface area contributed by atoms with Gasteiger partial charge in [0.25, 0.3) is 0 Å². The first-order chi connectivity index (χ1) is 11.0. The molecule has 10 nitrogen and oxygen atoms in total. The van der Waals surface area contributed by atoms with E-state index in [0.29, 0.717) is 24.0 Å². The molecule has 2 unspecified atom stereocenters. The van der Waals surface area contributed by atoms with Crippen LogP contribution in [0.25, 0.3) is 0 Å². The molecular formula is C11H16BN5O5P+. The Labute approximate surface area is 134 Å². The van der Waals surface area contributed by atoms with E-state index >= 15 is 0 Å². The molecule has 122 valence electrons. The van der Waals surface area contributed by atoms with Gasteiger partial charge in [0.15, 0.2) is 24.0 Å². The molecule has 0 aromatic carbocycles. The molecule has 0 saturated carbocycles. The molecule has 0 bridgehead atoms. The molecule has 0 spiro atoms. The highest BCUT2D eigenvalue weighted by atomic mass is 31.2. The van der Waals surface area contributed by atoms with E-state index in [9.17, 15) is 4.89 Å². The smallest absolute Gasteiger partial charge is 0.382 e. The van der Waals surface area contributed by atoms with Gasteiger partial charge in [0.05, 0.1) is 6.67 Å². The minimum absolute atomic E-state index is 0.141. The fourth-order valence-electron chi connectivity index (χ4n) is 3.08. The van der Waals surface area contributed by atoms with Crippen LogP contribution in [0.2, 0.25) is 0 Å². The van der Waals surface area contributed by atoms with Gasteiger partial charge in [-0.15, -0.1) is 0 Å². The summed E-state index contributed by atoms with van der Waals surface area (Å²) in [6.07, 6.45) is -0.480. The highest BCUT2D eigenvalue weighted by molar-refractivity contribution is 7.85. The summed E-state index contributed by atoms with van der Waals surface area (Å²) in [6, 6.07) is 0. The van der Waals surface area contributed by atoms with Crippen molar-refractivity contribution in [3.63, 3.8) is 0 Å². The van der Waals surface area contributed by atoms with E-state index in [1.54, 1.807) is 7.11 Å². The van der Waals surface area contributed by atoms with Crippen LogP contribution >= 0.6 is 7.82 Å². The third-order valence-electron chi connectivity index (χ3n) is 4.12. The number of nitrogens with zero attached hydrogens (tertiary/aromatic N) is 3.